The fraction of sp³-hybridized carbons (Fsp3) is 0.353. The van der Waals surface area contributed by atoms with E-state index in [1.807, 2.05) is 24.3 Å². The summed E-state index contributed by atoms with van der Waals surface area (Å²) in [6.07, 6.45) is 4.35. The van der Waals surface area contributed by atoms with Gasteiger partial charge in [-0.2, -0.15) is 5.10 Å². The highest BCUT2D eigenvalue weighted by Crippen LogP contribution is 2.19. The van der Waals surface area contributed by atoms with E-state index in [0.717, 1.165) is 35.7 Å². The monoisotopic (exact) mass is 375 g/mol. The molecule has 5 nitrogen and oxygen atoms in total. The molecular formula is C17H18BrN3O2. The lowest BCUT2D eigenvalue weighted by Crippen LogP contribution is -2.38. The van der Waals surface area contributed by atoms with Gasteiger partial charge in [0.15, 0.2) is 0 Å². The van der Waals surface area contributed by atoms with Gasteiger partial charge in [0, 0.05) is 22.1 Å². The van der Waals surface area contributed by atoms with Crippen LogP contribution >= 0.6 is 15.9 Å². The summed E-state index contributed by atoms with van der Waals surface area (Å²) in [5, 5.41) is 7.29. The number of carbonyl (C=O) groups excluding carboxylic acids is 1. The first-order valence-corrected chi connectivity index (χ1v) is 8.54. The Morgan fingerprint density at radius 2 is 1.87 bits per heavy atom. The fourth-order valence-corrected chi connectivity index (χ4v) is 3.08. The van der Waals surface area contributed by atoms with Gasteiger partial charge in [0.25, 0.3) is 5.56 Å². The average Bonchev–Trinajstić information content (AvgIpc) is 3.03. The van der Waals surface area contributed by atoms with E-state index in [1.54, 1.807) is 6.07 Å². The normalized spacial score (nSPS) is 14.8. The average molecular weight is 376 g/mol. The van der Waals surface area contributed by atoms with Gasteiger partial charge in [0.05, 0.1) is 5.69 Å². The van der Waals surface area contributed by atoms with Crippen molar-refractivity contribution in [3.05, 3.63) is 51.2 Å². The summed E-state index contributed by atoms with van der Waals surface area (Å²) in [7, 11) is 0. The zero-order valence-electron chi connectivity index (χ0n) is 12.7. The zero-order valence-corrected chi connectivity index (χ0v) is 14.3. The third-order valence-corrected chi connectivity index (χ3v) is 4.55. The Kier molecular flexibility index (Phi) is 4.91. The number of hydrogen-bond acceptors (Lipinski definition) is 3. The van der Waals surface area contributed by atoms with Crippen LogP contribution in [0.25, 0.3) is 11.3 Å². The molecule has 0 unspecified atom stereocenters. The van der Waals surface area contributed by atoms with E-state index < -0.39 is 0 Å². The molecule has 0 atom stereocenters. The van der Waals surface area contributed by atoms with E-state index in [4.69, 9.17) is 0 Å². The molecule has 1 aromatic heterocycles. The van der Waals surface area contributed by atoms with Crippen LogP contribution in [0.3, 0.4) is 0 Å². The second-order valence-corrected chi connectivity index (χ2v) is 6.69. The van der Waals surface area contributed by atoms with E-state index in [2.05, 4.69) is 26.3 Å². The van der Waals surface area contributed by atoms with Crippen LogP contribution in [-0.2, 0) is 11.3 Å². The summed E-state index contributed by atoms with van der Waals surface area (Å²) >= 11 is 3.39. The summed E-state index contributed by atoms with van der Waals surface area (Å²) in [6.45, 7) is -0.0420. The lowest BCUT2D eigenvalue weighted by Gasteiger charge is -2.12. The molecular weight excluding hydrogens is 358 g/mol. The minimum Gasteiger partial charge on any atom is -0.352 e. The van der Waals surface area contributed by atoms with Crippen LogP contribution in [-0.4, -0.2) is 21.7 Å². The van der Waals surface area contributed by atoms with E-state index in [0.29, 0.717) is 5.69 Å². The number of hydrogen-bond donors (Lipinski definition) is 1. The molecule has 0 aliphatic heterocycles. The van der Waals surface area contributed by atoms with Gasteiger partial charge >= 0.3 is 0 Å². The van der Waals surface area contributed by atoms with Crippen molar-refractivity contribution in [1.82, 2.24) is 15.1 Å². The Labute approximate surface area is 142 Å². The number of rotatable bonds is 4. The van der Waals surface area contributed by atoms with Gasteiger partial charge in [-0.05, 0) is 31.0 Å². The van der Waals surface area contributed by atoms with Crippen molar-refractivity contribution in [2.45, 2.75) is 38.3 Å². The smallest absolute Gasteiger partial charge is 0.267 e. The van der Waals surface area contributed by atoms with E-state index in [1.165, 1.54) is 10.7 Å². The molecule has 120 valence electrons. The number of nitrogens with zero attached hydrogens (tertiary/aromatic N) is 2. The maximum Gasteiger partial charge on any atom is 0.267 e. The topological polar surface area (TPSA) is 64.0 Å². The second kappa shape index (κ2) is 7.08. The maximum atomic E-state index is 12.1. The Bertz CT molecular complexity index is 749. The van der Waals surface area contributed by atoms with Crippen molar-refractivity contribution in [3.63, 3.8) is 0 Å². The Balaban J connectivity index is 1.76. The highest BCUT2D eigenvalue weighted by Gasteiger charge is 2.17. The van der Waals surface area contributed by atoms with Crippen LogP contribution in [0.15, 0.2) is 45.7 Å². The minimum atomic E-state index is -0.271. The van der Waals surface area contributed by atoms with Gasteiger partial charge in [-0.1, -0.05) is 40.9 Å². The number of carbonyl (C=O) groups is 1. The van der Waals surface area contributed by atoms with Crippen molar-refractivity contribution < 1.29 is 4.79 Å². The van der Waals surface area contributed by atoms with Crippen LogP contribution in [0.5, 0.6) is 0 Å². The maximum absolute atomic E-state index is 12.1. The van der Waals surface area contributed by atoms with Crippen LogP contribution in [0.4, 0.5) is 0 Å². The lowest BCUT2D eigenvalue weighted by atomic mass is 10.1. The molecule has 23 heavy (non-hydrogen) atoms. The molecule has 1 aromatic carbocycles. The van der Waals surface area contributed by atoms with Crippen LogP contribution in [0.2, 0.25) is 0 Å². The van der Waals surface area contributed by atoms with Crippen molar-refractivity contribution >= 4 is 21.8 Å². The number of aromatic nitrogens is 2. The summed E-state index contributed by atoms with van der Waals surface area (Å²) in [5.74, 6) is -0.153. The van der Waals surface area contributed by atoms with Gasteiger partial charge < -0.3 is 5.32 Å². The Hall–Kier alpha value is -1.95. The second-order valence-electron chi connectivity index (χ2n) is 5.77. The van der Waals surface area contributed by atoms with Gasteiger partial charge in [-0.3, -0.25) is 9.59 Å². The van der Waals surface area contributed by atoms with Crippen molar-refractivity contribution in [3.8, 4) is 11.3 Å². The molecule has 1 saturated carbocycles. The number of nitrogens with one attached hydrogen (secondary N) is 1. The molecule has 0 bridgehead atoms. The van der Waals surface area contributed by atoms with Gasteiger partial charge in [-0.15, -0.1) is 0 Å². The number of amides is 1. The van der Waals surface area contributed by atoms with Crippen LogP contribution < -0.4 is 10.9 Å². The lowest BCUT2D eigenvalue weighted by molar-refractivity contribution is -0.122. The molecule has 0 spiro atoms. The number of halogens is 1. The highest BCUT2D eigenvalue weighted by atomic mass is 79.9. The molecule has 3 rings (SSSR count). The molecule has 2 aromatic rings. The van der Waals surface area contributed by atoms with Gasteiger partial charge in [-0.25, -0.2) is 4.68 Å². The Morgan fingerprint density at radius 3 is 2.57 bits per heavy atom. The SMILES string of the molecule is O=C(Cn1nc(-c2ccc(Br)cc2)ccc1=O)NC1CCCC1. The fourth-order valence-electron chi connectivity index (χ4n) is 2.82. The molecule has 1 amide bonds. The van der Waals surface area contributed by atoms with E-state index in [9.17, 15) is 9.59 Å². The van der Waals surface area contributed by atoms with Gasteiger partial charge in [0.2, 0.25) is 5.91 Å². The van der Waals surface area contributed by atoms with Crippen molar-refractivity contribution in [2.24, 2.45) is 0 Å². The summed E-state index contributed by atoms with van der Waals surface area (Å²) in [5.41, 5.74) is 1.30. The molecule has 1 aliphatic carbocycles. The molecule has 6 heteroatoms. The predicted molar refractivity (Wildman–Crippen MR) is 92.0 cm³/mol. The minimum absolute atomic E-state index is 0.0420. The largest absolute Gasteiger partial charge is 0.352 e. The third-order valence-electron chi connectivity index (χ3n) is 4.02. The first-order chi connectivity index (χ1) is 11.1. The van der Waals surface area contributed by atoms with E-state index >= 15 is 0 Å². The van der Waals surface area contributed by atoms with E-state index in [-0.39, 0.29) is 24.1 Å². The van der Waals surface area contributed by atoms with Crippen molar-refractivity contribution in [2.75, 3.05) is 0 Å². The molecule has 1 heterocycles. The molecule has 0 saturated heterocycles. The summed E-state index contributed by atoms with van der Waals surface area (Å²) < 4.78 is 2.20. The summed E-state index contributed by atoms with van der Waals surface area (Å²) in [6, 6.07) is 11.0. The first-order valence-electron chi connectivity index (χ1n) is 7.75. The zero-order chi connectivity index (χ0) is 16.2. The third kappa shape index (κ3) is 4.07. The predicted octanol–water partition coefficient (Wildman–Crippen LogP) is 2.73. The molecule has 1 aliphatic rings. The highest BCUT2D eigenvalue weighted by molar-refractivity contribution is 9.10. The van der Waals surface area contributed by atoms with Crippen molar-refractivity contribution in [1.29, 1.82) is 0 Å². The molecule has 0 radical (unpaired) electrons. The van der Waals surface area contributed by atoms with Crippen LogP contribution in [0.1, 0.15) is 25.7 Å². The summed E-state index contributed by atoms with van der Waals surface area (Å²) in [4.78, 5) is 24.0. The van der Waals surface area contributed by atoms with Crippen LogP contribution in [0, 0.1) is 0 Å². The Morgan fingerprint density at radius 1 is 1.17 bits per heavy atom. The molecule has 1 fully saturated rings. The quantitative estimate of drug-likeness (QED) is 0.893. The number of benzene rings is 1. The standard InChI is InChI=1S/C17H18BrN3O2/c18-13-7-5-12(6-8-13)15-9-10-17(23)21(20-15)11-16(22)19-14-3-1-2-4-14/h5-10,14H,1-4,11H2,(H,19,22). The molecule has 1 N–H and O–H groups in total. The van der Waals surface area contributed by atoms with Gasteiger partial charge in [0.1, 0.15) is 6.54 Å². The first kappa shape index (κ1) is 15.9.